The lowest BCUT2D eigenvalue weighted by Gasteiger charge is -2.10. The van der Waals surface area contributed by atoms with Crippen LogP contribution in [0.25, 0.3) is 6.08 Å². The van der Waals surface area contributed by atoms with E-state index in [9.17, 15) is 0 Å². The van der Waals surface area contributed by atoms with Crippen molar-refractivity contribution in [3.8, 4) is 17.6 Å². The predicted octanol–water partition coefficient (Wildman–Crippen LogP) is 2.22. The van der Waals surface area contributed by atoms with Crippen LogP contribution in [0.3, 0.4) is 0 Å². The van der Waals surface area contributed by atoms with Gasteiger partial charge in [-0.3, -0.25) is 0 Å². The molecule has 18 heavy (non-hydrogen) atoms. The second kappa shape index (κ2) is 6.97. The van der Waals surface area contributed by atoms with Crippen molar-refractivity contribution in [1.29, 1.82) is 5.26 Å². The number of oxime groups is 1. The number of benzene rings is 1. The Balaban J connectivity index is 3.31. The molecular formula is C13H14N2O3. The van der Waals surface area contributed by atoms with Crippen LogP contribution in [-0.4, -0.2) is 27.5 Å². The summed E-state index contributed by atoms with van der Waals surface area (Å²) in [7, 11) is 4.57. The van der Waals surface area contributed by atoms with Gasteiger partial charge in [0.1, 0.15) is 7.11 Å². The minimum Gasteiger partial charge on any atom is -0.493 e. The maximum atomic E-state index is 8.57. The molecule has 0 N–H and O–H groups in total. The van der Waals surface area contributed by atoms with Crippen molar-refractivity contribution in [2.45, 2.75) is 0 Å². The average Bonchev–Trinajstić information content (AvgIpc) is 2.42. The molecule has 0 bridgehead atoms. The van der Waals surface area contributed by atoms with Crippen LogP contribution in [0.1, 0.15) is 11.1 Å². The quantitative estimate of drug-likeness (QED) is 0.454. The first-order chi connectivity index (χ1) is 8.76. The summed E-state index contributed by atoms with van der Waals surface area (Å²) in [6.45, 7) is 0. The number of ether oxygens (including phenoxy) is 2. The summed E-state index contributed by atoms with van der Waals surface area (Å²) in [6.07, 6.45) is 4.59. The normalized spacial score (nSPS) is 10.6. The van der Waals surface area contributed by atoms with E-state index >= 15 is 0 Å². The Bertz CT molecular complexity index is 502. The molecule has 1 aromatic rings. The number of hydrogen-bond acceptors (Lipinski definition) is 5. The van der Waals surface area contributed by atoms with E-state index in [0.29, 0.717) is 11.5 Å². The molecule has 0 amide bonds. The van der Waals surface area contributed by atoms with Crippen LogP contribution >= 0.6 is 0 Å². The van der Waals surface area contributed by atoms with Crippen molar-refractivity contribution < 1.29 is 14.3 Å². The number of nitrogens with zero attached hydrogens (tertiary/aromatic N) is 2. The molecule has 0 fully saturated rings. The predicted molar refractivity (Wildman–Crippen MR) is 68.8 cm³/mol. The highest BCUT2D eigenvalue weighted by Gasteiger charge is 2.08. The van der Waals surface area contributed by atoms with Gasteiger partial charge in [-0.05, 0) is 23.8 Å². The molecular weight excluding hydrogens is 232 g/mol. The number of rotatable bonds is 5. The molecule has 0 heterocycles. The lowest BCUT2D eigenvalue weighted by atomic mass is 10.1. The van der Waals surface area contributed by atoms with E-state index in [1.54, 1.807) is 38.6 Å². The zero-order valence-electron chi connectivity index (χ0n) is 10.5. The Morgan fingerprint density at radius 2 is 1.72 bits per heavy atom. The summed E-state index contributed by atoms with van der Waals surface area (Å²) in [6, 6.07) is 5.47. The Morgan fingerprint density at radius 3 is 2.22 bits per heavy atom. The number of hydrogen-bond donors (Lipinski definition) is 0. The zero-order chi connectivity index (χ0) is 13.4. The van der Waals surface area contributed by atoms with Crippen molar-refractivity contribution in [3.63, 3.8) is 0 Å². The van der Waals surface area contributed by atoms with Gasteiger partial charge in [-0.15, -0.1) is 0 Å². The molecule has 0 unspecified atom stereocenters. The highest BCUT2D eigenvalue weighted by atomic mass is 16.6. The molecule has 0 saturated heterocycles. The van der Waals surface area contributed by atoms with Crippen LogP contribution in [0.15, 0.2) is 23.4 Å². The van der Waals surface area contributed by atoms with Gasteiger partial charge in [0.2, 0.25) is 0 Å². The molecule has 5 nitrogen and oxygen atoms in total. The van der Waals surface area contributed by atoms with E-state index < -0.39 is 0 Å². The summed E-state index contributed by atoms with van der Waals surface area (Å²) in [5.41, 5.74) is 1.55. The lowest BCUT2D eigenvalue weighted by molar-refractivity contribution is 0.215. The fourth-order valence-electron chi connectivity index (χ4n) is 1.40. The Hall–Kier alpha value is -2.48. The zero-order valence-corrected chi connectivity index (χ0v) is 10.5. The summed E-state index contributed by atoms with van der Waals surface area (Å²) < 4.78 is 10.4. The SMILES string of the molecule is CO/N=C/c1cc(OC)c(OC)cc1/C=C/C#N. The standard InChI is InChI=1S/C13H14N2O3/c1-16-12-7-10(5-4-6-14)11(9-15-18-3)8-13(12)17-2/h4-5,7-9H,1-3H3/b5-4+,15-9+. The van der Waals surface area contributed by atoms with Gasteiger partial charge in [-0.2, -0.15) is 5.26 Å². The van der Waals surface area contributed by atoms with Gasteiger partial charge in [0, 0.05) is 11.6 Å². The molecule has 5 heteroatoms. The average molecular weight is 246 g/mol. The van der Waals surface area contributed by atoms with E-state index in [-0.39, 0.29) is 0 Å². The van der Waals surface area contributed by atoms with Gasteiger partial charge in [0.15, 0.2) is 11.5 Å². The fourth-order valence-corrected chi connectivity index (χ4v) is 1.40. The van der Waals surface area contributed by atoms with Gasteiger partial charge in [0.25, 0.3) is 0 Å². The third-order valence-corrected chi connectivity index (χ3v) is 2.22. The minimum absolute atomic E-state index is 0.587. The molecule has 0 atom stereocenters. The topological polar surface area (TPSA) is 63.8 Å². The smallest absolute Gasteiger partial charge is 0.161 e. The number of allylic oxidation sites excluding steroid dienone is 1. The lowest BCUT2D eigenvalue weighted by Crippen LogP contribution is -1.95. The Kier molecular flexibility index (Phi) is 5.26. The molecule has 1 aromatic carbocycles. The maximum Gasteiger partial charge on any atom is 0.161 e. The summed E-state index contributed by atoms with van der Waals surface area (Å²) in [5.74, 6) is 1.17. The van der Waals surface area contributed by atoms with Crippen LogP contribution in [0, 0.1) is 11.3 Å². The molecule has 94 valence electrons. The molecule has 0 spiro atoms. The third-order valence-electron chi connectivity index (χ3n) is 2.22. The summed E-state index contributed by atoms with van der Waals surface area (Å²) in [4.78, 5) is 4.64. The Morgan fingerprint density at radius 1 is 1.11 bits per heavy atom. The van der Waals surface area contributed by atoms with Gasteiger partial charge in [0.05, 0.1) is 26.5 Å². The van der Waals surface area contributed by atoms with E-state index in [4.69, 9.17) is 14.7 Å². The summed E-state index contributed by atoms with van der Waals surface area (Å²) in [5, 5.41) is 12.3. The fraction of sp³-hybridized carbons (Fsp3) is 0.231. The molecule has 0 radical (unpaired) electrons. The van der Waals surface area contributed by atoms with Crippen LogP contribution in [0.5, 0.6) is 11.5 Å². The highest BCUT2D eigenvalue weighted by molar-refractivity contribution is 5.87. The van der Waals surface area contributed by atoms with Gasteiger partial charge < -0.3 is 14.3 Å². The number of nitriles is 1. The van der Waals surface area contributed by atoms with Gasteiger partial charge in [-0.1, -0.05) is 5.16 Å². The van der Waals surface area contributed by atoms with E-state index in [1.807, 2.05) is 6.07 Å². The van der Waals surface area contributed by atoms with Gasteiger partial charge >= 0.3 is 0 Å². The van der Waals surface area contributed by atoms with E-state index in [0.717, 1.165) is 11.1 Å². The molecule has 0 aromatic heterocycles. The van der Waals surface area contributed by atoms with Crippen LogP contribution in [-0.2, 0) is 4.84 Å². The van der Waals surface area contributed by atoms with Crippen molar-refractivity contribution in [3.05, 3.63) is 29.3 Å². The van der Waals surface area contributed by atoms with Gasteiger partial charge in [-0.25, -0.2) is 0 Å². The monoisotopic (exact) mass is 246 g/mol. The first-order valence-corrected chi connectivity index (χ1v) is 5.15. The third kappa shape index (κ3) is 3.25. The molecule has 0 saturated carbocycles. The largest absolute Gasteiger partial charge is 0.493 e. The Labute approximate surface area is 106 Å². The molecule has 0 aliphatic carbocycles. The first-order valence-electron chi connectivity index (χ1n) is 5.15. The molecule has 0 aliphatic rings. The van der Waals surface area contributed by atoms with E-state index in [2.05, 4.69) is 9.99 Å². The summed E-state index contributed by atoms with van der Waals surface area (Å²) >= 11 is 0. The molecule has 1 rings (SSSR count). The minimum atomic E-state index is 0.587. The second-order valence-electron chi connectivity index (χ2n) is 3.22. The van der Waals surface area contributed by atoms with Crippen molar-refractivity contribution >= 4 is 12.3 Å². The van der Waals surface area contributed by atoms with Crippen molar-refractivity contribution in [1.82, 2.24) is 0 Å². The number of methoxy groups -OCH3 is 2. The molecule has 0 aliphatic heterocycles. The van der Waals surface area contributed by atoms with Crippen LogP contribution in [0.2, 0.25) is 0 Å². The van der Waals surface area contributed by atoms with Crippen LogP contribution in [0.4, 0.5) is 0 Å². The van der Waals surface area contributed by atoms with E-state index in [1.165, 1.54) is 13.2 Å². The van der Waals surface area contributed by atoms with Crippen molar-refractivity contribution in [2.75, 3.05) is 21.3 Å². The van der Waals surface area contributed by atoms with Crippen molar-refractivity contribution in [2.24, 2.45) is 5.16 Å². The van der Waals surface area contributed by atoms with Crippen LogP contribution < -0.4 is 9.47 Å². The maximum absolute atomic E-state index is 8.57. The highest BCUT2D eigenvalue weighted by Crippen LogP contribution is 2.30. The first kappa shape index (κ1) is 13.6. The second-order valence-corrected chi connectivity index (χ2v) is 3.22.